The number of hydrogen-bond acceptors (Lipinski definition) is 1. The number of allylic oxidation sites excluding steroid dienone is 1. The van der Waals surface area contributed by atoms with E-state index in [9.17, 15) is 0 Å². The van der Waals surface area contributed by atoms with Gasteiger partial charge >= 0.3 is 0 Å². The monoisotopic (exact) mass is 152 g/mol. The summed E-state index contributed by atoms with van der Waals surface area (Å²) in [7, 11) is 0. The van der Waals surface area contributed by atoms with Gasteiger partial charge in [-0.25, -0.2) is 0 Å². The molecule has 1 rings (SSSR count). The van der Waals surface area contributed by atoms with E-state index in [4.69, 9.17) is 4.74 Å². The van der Waals surface area contributed by atoms with Crippen molar-refractivity contribution in [1.29, 1.82) is 0 Å². The topological polar surface area (TPSA) is 9.23 Å². The van der Waals surface area contributed by atoms with Crippen LogP contribution in [0.15, 0.2) is 22.8 Å². The van der Waals surface area contributed by atoms with Gasteiger partial charge in [0.05, 0.1) is 12.7 Å². The van der Waals surface area contributed by atoms with Crippen LogP contribution >= 0.6 is 0 Å². The van der Waals surface area contributed by atoms with Crippen molar-refractivity contribution >= 4 is 0 Å². The summed E-state index contributed by atoms with van der Waals surface area (Å²) in [5.74, 6) is 0. The van der Waals surface area contributed by atoms with Gasteiger partial charge < -0.3 is 4.74 Å². The molecule has 0 saturated heterocycles. The predicted molar refractivity (Wildman–Crippen MR) is 47.5 cm³/mol. The lowest BCUT2D eigenvalue weighted by atomic mass is 10.0. The largest absolute Gasteiger partial charge is 0.365 e. The Hall–Kier alpha value is -0.560. The number of rotatable bonds is 1. The van der Waals surface area contributed by atoms with E-state index >= 15 is 0 Å². The Balaban J connectivity index is 2.79. The second-order valence-corrected chi connectivity index (χ2v) is 3.19. The van der Waals surface area contributed by atoms with E-state index in [1.807, 2.05) is 0 Å². The zero-order chi connectivity index (χ0) is 8.43. The van der Waals surface area contributed by atoms with Gasteiger partial charge in [-0.15, -0.1) is 0 Å². The van der Waals surface area contributed by atoms with Crippen molar-refractivity contribution in [2.75, 3.05) is 6.61 Å². The van der Waals surface area contributed by atoms with Crippen molar-refractivity contribution < 1.29 is 4.74 Å². The maximum Gasteiger partial charge on any atom is 0.0998 e. The maximum atomic E-state index is 5.59. The highest BCUT2D eigenvalue weighted by Gasteiger charge is 2.20. The van der Waals surface area contributed by atoms with Crippen LogP contribution in [-0.2, 0) is 4.74 Å². The van der Waals surface area contributed by atoms with Gasteiger partial charge in [-0.1, -0.05) is 6.08 Å². The summed E-state index contributed by atoms with van der Waals surface area (Å²) in [6.07, 6.45) is 2.38. The summed E-state index contributed by atoms with van der Waals surface area (Å²) in [4.78, 5) is 0. The second kappa shape index (κ2) is 3.22. The Morgan fingerprint density at radius 3 is 2.55 bits per heavy atom. The third-order valence-electron chi connectivity index (χ3n) is 2.40. The highest BCUT2D eigenvalue weighted by atomic mass is 16.5. The summed E-state index contributed by atoms with van der Waals surface area (Å²) in [6.45, 7) is 9.27. The Morgan fingerprint density at radius 1 is 1.55 bits per heavy atom. The highest BCUT2D eigenvalue weighted by Crippen LogP contribution is 2.25. The van der Waals surface area contributed by atoms with Crippen LogP contribution in [0.3, 0.4) is 0 Å². The van der Waals surface area contributed by atoms with Crippen molar-refractivity contribution in [1.82, 2.24) is 0 Å². The van der Waals surface area contributed by atoms with Crippen LogP contribution in [0.1, 0.15) is 27.7 Å². The van der Waals surface area contributed by atoms with E-state index < -0.39 is 0 Å². The van der Waals surface area contributed by atoms with Gasteiger partial charge in [0.25, 0.3) is 0 Å². The average molecular weight is 152 g/mol. The fourth-order valence-corrected chi connectivity index (χ4v) is 1.30. The first-order valence-corrected chi connectivity index (χ1v) is 4.07. The molecule has 0 aliphatic carbocycles. The molecule has 1 aliphatic rings. The van der Waals surface area contributed by atoms with Crippen LogP contribution in [0.4, 0.5) is 0 Å². The molecule has 1 heterocycles. The average Bonchev–Trinajstić information content (AvgIpc) is 2.32. The van der Waals surface area contributed by atoms with Crippen LogP contribution in [-0.4, -0.2) is 12.7 Å². The molecule has 1 heteroatoms. The molecule has 0 spiro atoms. The molecule has 0 fully saturated rings. The Kier molecular flexibility index (Phi) is 2.50. The summed E-state index contributed by atoms with van der Waals surface area (Å²) in [5, 5.41) is 0. The molecule has 0 amide bonds. The first-order chi connectivity index (χ1) is 5.16. The van der Waals surface area contributed by atoms with Crippen LogP contribution in [0, 0.1) is 0 Å². The summed E-state index contributed by atoms with van der Waals surface area (Å²) in [5.41, 5.74) is 4.09. The Labute approximate surface area is 68.8 Å². The summed E-state index contributed by atoms with van der Waals surface area (Å²) in [6, 6.07) is 0. The van der Waals surface area contributed by atoms with E-state index in [0.717, 1.165) is 6.61 Å². The zero-order valence-corrected chi connectivity index (χ0v) is 7.77. The molecule has 0 unspecified atom stereocenters. The fourth-order valence-electron chi connectivity index (χ4n) is 1.30. The van der Waals surface area contributed by atoms with Crippen LogP contribution in [0.5, 0.6) is 0 Å². The molecular formula is C10H16O. The lowest BCUT2D eigenvalue weighted by Crippen LogP contribution is -2.09. The lowest BCUT2D eigenvalue weighted by molar-refractivity contribution is 0.145. The van der Waals surface area contributed by atoms with Crippen molar-refractivity contribution in [3.05, 3.63) is 22.8 Å². The van der Waals surface area contributed by atoms with Crippen LogP contribution < -0.4 is 0 Å². The van der Waals surface area contributed by atoms with Gasteiger partial charge in [0, 0.05) is 0 Å². The van der Waals surface area contributed by atoms with Gasteiger partial charge in [-0.2, -0.15) is 0 Å². The molecule has 1 nitrogen and oxygen atoms in total. The highest BCUT2D eigenvalue weighted by molar-refractivity contribution is 5.28. The molecule has 0 aromatic carbocycles. The molecular weight excluding hydrogens is 136 g/mol. The van der Waals surface area contributed by atoms with Gasteiger partial charge in [0.2, 0.25) is 0 Å². The predicted octanol–water partition coefficient (Wildman–Crippen LogP) is 2.69. The Bertz CT molecular complexity index is 211. The van der Waals surface area contributed by atoms with Crippen molar-refractivity contribution in [2.45, 2.75) is 33.8 Å². The first-order valence-electron chi connectivity index (χ1n) is 4.07. The molecule has 0 radical (unpaired) electrons. The van der Waals surface area contributed by atoms with E-state index in [1.165, 1.54) is 16.7 Å². The molecule has 1 aliphatic heterocycles. The number of ether oxygens (including phenoxy) is 1. The third-order valence-corrected chi connectivity index (χ3v) is 2.40. The minimum absolute atomic E-state index is 0.264. The summed E-state index contributed by atoms with van der Waals surface area (Å²) >= 11 is 0. The molecule has 0 aromatic heterocycles. The van der Waals surface area contributed by atoms with E-state index in [-0.39, 0.29) is 6.10 Å². The van der Waals surface area contributed by atoms with Gasteiger partial charge in [-0.05, 0) is 44.4 Å². The minimum Gasteiger partial charge on any atom is -0.365 e. The zero-order valence-electron chi connectivity index (χ0n) is 7.77. The smallest absolute Gasteiger partial charge is 0.0998 e. The fraction of sp³-hybridized carbons (Fsp3) is 0.600. The molecule has 62 valence electrons. The van der Waals surface area contributed by atoms with E-state index in [0.29, 0.717) is 0 Å². The van der Waals surface area contributed by atoms with Crippen molar-refractivity contribution in [2.24, 2.45) is 0 Å². The molecule has 0 N–H and O–H groups in total. The van der Waals surface area contributed by atoms with Crippen molar-refractivity contribution in [3.63, 3.8) is 0 Å². The maximum absolute atomic E-state index is 5.59. The number of hydrogen-bond donors (Lipinski definition) is 0. The van der Waals surface area contributed by atoms with E-state index in [1.54, 1.807) is 0 Å². The third kappa shape index (κ3) is 1.54. The second-order valence-electron chi connectivity index (χ2n) is 3.19. The molecule has 0 saturated carbocycles. The minimum atomic E-state index is 0.264. The normalized spacial score (nSPS) is 26.5. The molecule has 1 atom stereocenters. The van der Waals surface area contributed by atoms with Gasteiger partial charge in [0.1, 0.15) is 0 Å². The van der Waals surface area contributed by atoms with Crippen LogP contribution in [0.25, 0.3) is 0 Å². The molecule has 0 aromatic rings. The van der Waals surface area contributed by atoms with Crippen molar-refractivity contribution in [3.8, 4) is 0 Å². The Morgan fingerprint density at radius 2 is 2.18 bits per heavy atom. The lowest BCUT2D eigenvalue weighted by Gasteiger charge is -2.11. The molecule has 0 bridgehead atoms. The quantitative estimate of drug-likeness (QED) is 0.525. The standard InChI is InChI=1S/C10H16O/c1-5-7(2)10-9(4)8(3)6-11-10/h5,10H,6H2,1-4H3/b7-5+/t10-/m0/s1. The van der Waals surface area contributed by atoms with E-state index in [2.05, 4.69) is 33.8 Å². The summed E-state index contributed by atoms with van der Waals surface area (Å²) < 4.78 is 5.59. The molecule has 11 heavy (non-hydrogen) atoms. The van der Waals surface area contributed by atoms with Crippen LogP contribution in [0.2, 0.25) is 0 Å². The SMILES string of the molecule is C/C=C(\C)[C@@H]1OCC(C)=C1C. The van der Waals surface area contributed by atoms with Gasteiger partial charge in [-0.3, -0.25) is 0 Å². The first kappa shape index (κ1) is 8.54. The van der Waals surface area contributed by atoms with Gasteiger partial charge in [0.15, 0.2) is 0 Å².